The minimum atomic E-state index is -4.50. The van der Waals surface area contributed by atoms with Gasteiger partial charge in [-0.15, -0.1) is 10.2 Å². The van der Waals surface area contributed by atoms with E-state index in [0.29, 0.717) is 16.5 Å². The van der Waals surface area contributed by atoms with Crippen LogP contribution in [-0.4, -0.2) is 25.7 Å². The molecule has 2 aromatic heterocycles. The van der Waals surface area contributed by atoms with Crippen molar-refractivity contribution >= 4 is 23.4 Å². The van der Waals surface area contributed by atoms with E-state index < -0.39 is 22.9 Å². The summed E-state index contributed by atoms with van der Waals surface area (Å²) in [6.07, 6.45) is -1.19. The van der Waals surface area contributed by atoms with Crippen LogP contribution >= 0.6 is 11.8 Å². The Labute approximate surface area is 191 Å². The summed E-state index contributed by atoms with van der Waals surface area (Å²) < 4.78 is 40.9. The van der Waals surface area contributed by atoms with Crippen molar-refractivity contribution in [1.29, 1.82) is 0 Å². The number of benzene rings is 2. The lowest BCUT2D eigenvalue weighted by Gasteiger charge is -2.17. The number of nitrogens with one attached hydrogen (secondary N) is 1. The van der Waals surface area contributed by atoms with Crippen LogP contribution in [-0.2, 0) is 18.0 Å². The third-order valence-electron chi connectivity index (χ3n) is 4.78. The average Bonchev–Trinajstić information content (AvgIpc) is 3.18. The zero-order valence-corrected chi connectivity index (χ0v) is 18.1. The molecule has 33 heavy (non-hydrogen) atoms. The molecule has 0 aliphatic heterocycles. The van der Waals surface area contributed by atoms with Crippen molar-refractivity contribution in [2.75, 3.05) is 5.32 Å². The molecule has 0 aliphatic rings. The number of pyridine rings is 1. The van der Waals surface area contributed by atoms with E-state index in [2.05, 4.69) is 20.5 Å². The van der Waals surface area contributed by atoms with Crippen LogP contribution in [0.5, 0.6) is 0 Å². The van der Waals surface area contributed by atoms with Gasteiger partial charge in [0.2, 0.25) is 5.91 Å². The van der Waals surface area contributed by atoms with Crippen molar-refractivity contribution in [3.63, 3.8) is 0 Å². The number of rotatable bonds is 6. The van der Waals surface area contributed by atoms with Crippen LogP contribution in [0.1, 0.15) is 16.4 Å². The van der Waals surface area contributed by atoms with Crippen LogP contribution in [0.2, 0.25) is 0 Å². The van der Waals surface area contributed by atoms with Gasteiger partial charge >= 0.3 is 6.18 Å². The minimum absolute atomic E-state index is 0.0605. The Hall–Kier alpha value is -3.66. The number of thioether (sulfide) groups is 1. The van der Waals surface area contributed by atoms with Gasteiger partial charge in [-0.1, -0.05) is 48.2 Å². The molecule has 10 heteroatoms. The van der Waals surface area contributed by atoms with Gasteiger partial charge in [0.05, 0.1) is 5.56 Å². The lowest BCUT2D eigenvalue weighted by Crippen LogP contribution is -2.20. The SMILES string of the molecule is Cn1c(SC(C(=O)Nc2cccc(C(F)(F)F)c2)c2ccccc2)nnc1-c1cccnc1. The third-order valence-corrected chi connectivity index (χ3v) is 6.06. The van der Waals surface area contributed by atoms with E-state index in [9.17, 15) is 18.0 Å². The van der Waals surface area contributed by atoms with Crippen LogP contribution in [0.25, 0.3) is 11.4 Å². The molecule has 1 atom stereocenters. The maximum absolute atomic E-state index is 13.2. The number of halogens is 3. The Balaban J connectivity index is 1.62. The van der Waals surface area contributed by atoms with Crippen LogP contribution in [0.4, 0.5) is 18.9 Å². The average molecular weight is 469 g/mol. The smallest absolute Gasteiger partial charge is 0.325 e. The first-order valence-corrected chi connectivity index (χ1v) is 10.7. The summed E-state index contributed by atoms with van der Waals surface area (Å²) >= 11 is 1.16. The van der Waals surface area contributed by atoms with E-state index in [1.807, 2.05) is 12.1 Å². The Morgan fingerprint density at radius 1 is 1.03 bits per heavy atom. The molecule has 0 saturated heterocycles. The zero-order valence-electron chi connectivity index (χ0n) is 17.3. The molecule has 2 heterocycles. The lowest BCUT2D eigenvalue weighted by molar-refractivity contribution is -0.137. The van der Waals surface area contributed by atoms with Crippen molar-refractivity contribution in [3.8, 4) is 11.4 Å². The van der Waals surface area contributed by atoms with E-state index in [1.54, 1.807) is 54.3 Å². The number of anilines is 1. The third kappa shape index (κ3) is 5.23. The first-order chi connectivity index (χ1) is 15.8. The topological polar surface area (TPSA) is 72.7 Å². The molecule has 6 nitrogen and oxygen atoms in total. The summed E-state index contributed by atoms with van der Waals surface area (Å²) in [5, 5.41) is 10.7. The highest BCUT2D eigenvalue weighted by atomic mass is 32.2. The second-order valence-corrected chi connectivity index (χ2v) is 8.16. The molecule has 4 rings (SSSR count). The maximum Gasteiger partial charge on any atom is 0.416 e. The number of amides is 1. The monoisotopic (exact) mass is 469 g/mol. The van der Waals surface area contributed by atoms with Gasteiger partial charge < -0.3 is 9.88 Å². The Kier molecular flexibility index (Phi) is 6.45. The molecule has 1 unspecified atom stereocenters. The molecule has 0 saturated carbocycles. The quantitative estimate of drug-likeness (QED) is 0.385. The largest absolute Gasteiger partial charge is 0.416 e. The van der Waals surface area contributed by atoms with Gasteiger partial charge in [0.25, 0.3) is 0 Å². The molecule has 0 bridgehead atoms. The molecule has 2 aromatic carbocycles. The van der Waals surface area contributed by atoms with Crippen molar-refractivity contribution in [2.24, 2.45) is 7.05 Å². The van der Waals surface area contributed by atoms with E-state index in [-0.39, 0.29) is 5.69 Å². The molecular weight excluding hydrogens is 451 g/mol. The fraction of sp³-hybridized carbons (Fsp3) is 0.130. The van der Waals surface area contributed by atoms with Crippen molar-refractivity contribution in [3.05, 3.63) is 90.3 Å². The lowest BCUT2D eigenvalue weighted by atomic mass is 10.1. The first-order valence-electron chi connectivity index (χ1n) is 9.82. The van der Waals surface area contributed by atoms with E-state index in [0.717, 1.165) is 29.5 Å². The van der Waals surface area contributed by atoms with E-state index >= 15 is 0 Å². The van der Waals surface area contributed by atoms with Crippen LogP contribution in [0, 0.1) is 0 Å². The second-order valence-electron chi connectivity index (χ2n) is 7.08. The number of aromatic nitrogens is 4. The molecule has 4 aromatic rings. The summed E-state index contributed by atoms with van der Waals surface area (Å²) in [6, 6.07) is 17.1. The predicted molar refractivity (Wildman–Crippen MR) is 119 cm³/mol. The molecular formula is C23H18F3N5OS. The van der Waals surface area contributed by atoms with Crippen LogP contribution in [0.15, 0.2) is 84.3 Å². The van der Waals surface area contributed by atoms with Crippen molar-refractivity contribution in [1.82, 2.24) is 19.7 Å². The Bertz CT molecular complexity index is 1250. The maximum atomic E-state index is 13.2. The van der Waals surface area contributed by atoms with Gasteiger partial charge in [-0.2, -0.15) is 13.2 Å². The molecule has 0 fully saturated rings. The molecule has 0 radical (unpaired) electrons. The number of hydrogen-bond acceptors (Lipinski definition) is 5. The molecule has 1 N–H and O–H groups in total. The van der Waals surface area contributed by atoms with Crippen LogP contribution < -0.4 is 5.32 Å². The second kappa shape index (κ2) is 9.45. The van der Waals surface area contributed by atoms with Gasteiger partial charge in [-0.05, 0) is 35.9 Å². The number of carbonyl (C=O) groups is 1. The summed E-state index contributed by atoms with van der Waals surface area (Å²) in [5.74, 6) is 0.104. The van der Waals surface area contributed by atoms with Crippen molar-refractivity contribution in [2.45, 2.75) is 16.6 Å². The molecule has 0 aliphatic carbocycles. The minimum Gasteiger partial charge on any atom is -0.325 e. The first kappa shape index (κ1) is 22.5. The summed E-state index contributed by atoms with van der Waals surface area (Å²) in [4.78, 5) is 17.3. The van der Waals surface area contributed by atoms with Gasteiger partial charge in [-0.3, -0.25) is 9.78 Å². The molecule has 1 amide bonds. The summed E-state index contributed by atoms with van der Waals surface area (Å²) in [5.41, 5.74) is 0.672. The number of nitrogens with zero attached hydrogens (tertiary/aromatic N) is 4. The van der Waals surface area contributed by atoms with Gasteiger partial charge in [0.1, 0.15) is 5.25 Å². The number of carbonyl (C=O) groups excluding carboxylic acids is 1. The summed E-state index contributed by atoms with van der Waals surface area (Å²) in [6.45, 7) is 0. The zero-order chi connectivity index (χ0) is 23.4. The Morgan fingerprint density at radius 2 is 1.82 bits per heavy atom. The highest BCUT2D eigenvalue weighted by molar-refractivity contribution is 8.00. The number of alkyl halides is 3. The van der Waals surface area contributed by atoms with Crippen LogP contribution in [0.3, 0.4) is 0 Å². The Morgan fingerprint density at radius 3 is 2.52 bits per heavy atom. The normalized spacial score (nSPS) is 12.4. The highest BCUT2D eigenvalue weighted by Crippen LogP contribution is 2.37. The highest BCUT2D eigenvalue weighted by Gasteiger charge is 2.31. The summed E-state index contributed by atoms with van der Waals surface area (Å²) in [7, 11) is 1.78. The van der Waals surface area contributed by atoms with E-state index in [1.165, 1.54) is 12.1 Å². The molecule has 168 valence electrons. The molecule has 0 spiro atoms. The fourth-order valence-corrected chi connectivity index (χ4v) is 4.15. The standard InChI is InChI=1S/C23H18F3N5OS/c1-31-20(16-9-6-12-27-14-16)29-30-22(31)33-19(15-7-3-2-4-8-15)21(32)28-18-11-5-10-17(13-18)23(24,25)26/h2-14,19H,1H3,(H,28,32). The fourth-order valence-electron chi connectivity index (χ4n) is 3.15. The van der Waals surface area contributed by atoms with E-state index in [4.69, 9.17) is 0 Å². The predicted octanol–water partition coefficient (Wildman–Crippen LogP) is 5.37. The van der Waals surface area contributed by atoms with Gasteiger partial charge in [-0.25, -0.2) is 0 Å². The van der Waals surface area contributed by atoms with Gasteiger partial charge in [0, 0.05) is 30.7 Å². The number of hydrogen-bond donors (Lipinski definition) is 1. The van der Waals surface area contributed by atoms with Crippen molar-refractivity contribution < 1.29 is 18.0 Å². The van der Waals surface area contributed by atoms with Gasteiger partial charge in [0.15, 0.2) is 11.0 Å².